The van der Waals surface area contributed by atoms with Crippen LogP contribution in [0, 0.1) is 0 Å². The minimum atomic E-state index is 0.0720. The molecule has 5 nitrogen and oxygen atoms in total. The Kier molecular flexibility index (Phi) is 4.29. The number of nitrogens with zero attached hydrogens (tertiary/aromatic N) is 3. The Labute approximate surface area is 123 Å². The van der Waals surface area contributed by atoms with Gasteiger partial charge in [0.1, 0.15) is 11.6 Å². The number of nitrogens with one attached hydrogen (secondary N) is 1. The van der Waals surface area contributed by atoms with Crippen molar-refractivity contribution in [2.24, 2.45) is 0 Å². The molecule has 6 heteroatoms. The van der Waals surface area contributed by atoms with Crippen LogP contribution in [0.2, 0.25) is 5.02 Å². The first-order chi connectivity index (χ1) is 9.52. The van der Waals surface area contributed by atoms with E-state index >= 15 is 0 Å². The molecule has 1 atom stereocenters. The molecule has 0 radical (unpaired) electrons. The summed E-state index contributed by atoms with van der Waals surface area (Å²) in [4.78, 5) is 10.4. The number of anilines is 3. The average Bonchev–Trinajstić information content (AvgIpc) is 2.45. The van der Waals surface area contributed by atoms with Crippen LogP contribution in [0.15, 0.2) is 30.3 Å². The van der Waals surface area contributed by atoms with Crippen molar-refractivity contribution in [2.75, 3.05) is 30.0 Å². The Morgan fingerprint density at radius 2 is 2.00 bits per heavy atom. The molecule has 20 heavy (non-hydrogen) atoms. The van der Waals surface area contributed by atoms with Gasteiger partial charge in [0, 0.05) is 25.2 Å². The van der Waals surface area contributed by atoms with Crippen LogP contribution in [0.1, 0.15) is 18.5 Å². The van der Waals surface area contributed by atoms with Crippen molar-refractivity contribution >= 4 is 29.2 Å². The predicted octanol–water partition coefficient (Wildman–Crippen LogP) is 2.95. The number of nitrogen functional groups attached to an aromatic ring is 1. The second kappa shape index (κ2) is 5.96. The van der Waals surface area contributed by atoms with E-state index in [0.29, 0.717) is 5.82 Å². The van der Waals surface area contributed by atoms with Gasteiger partial charge < -0.3 is 16.0 Å². The summed E-state index contributed by atoms with van der Waals surface area (Å²) in [6.07, 6.45) is 0. The second-order valence-corrected chi connectivity index (χ2v) is 4.94. The maximum atomic E-state index is 6.24. The first kappa shape index (κ1) is 14.4. The largest absolute Gasteiger partial charge is 0.373 e. The molecule has 0 saturated heterocycles. The molecule has 106 valence electrons. The molecule has 1 unspecified atom stereocenters. The Morgan fingerprint density at radius 1 is 1.30 bits per heavy atom. The minimum Gasteiger partial charge on any atom is -0.373 e. The SMILES string of the molecule is CNc1cc(N(C)C(C)c2ccccc2Cl)nc(N)n1. The highest BCUT2D eigenvalue weighted by Crippen LogP contribution is 2.29. The van der Waals surface area contributed by atoms with Crippen molar-refractivity contribution < 1.29 is 0 Å². The topological polar surface area (TPSA) is 67.1 Å². The van der Waals surface area contributed by atoms with Gasteiger partial charge in [-0.15, -0.1) is 0 Å². The summed E-state index contributed by atoms with van der Waals surface area (Å²) in [6, 6.07) is 9.70. The highest BCUT2D eigenvalue weighted by Gasteiger charge is 2.17. The molecule has 0 bridgehead atoms. The van der Waals surface area contributed by atoms with Gasteiger partial charge in [-0.25, -0.2) is 0 Å². The molecular formula is C14H18ClN5. The first-order valence-electron chi connectivity index (χ1n) is 6.32. The fourth-order valence-electron chi connectivity index (χ4n) is 1.98. The van der Waals surface area contributed by atoms with Crippen molar-refractivity contribution in [3.63, 3.8) is 0 Å². The summed E-state index contributed by atoms with van der Waals surface area (Å²) >= 11 is 6.24. The summed E-state index contributed by atoms with van der Waals surface area (Å²) in [5, 5.41) is 3.71. The number of hydrogen-bond donors (Lipinski definition) is 2. The molecule has 2 aromatic rings. The number of halogens is 1. The molecule has 2 rings (SSSR count). The number of nitrogens with two attached hydrogens (primary N) is 1. The molecule has 1 aromatic carbocycles. The highest BCUT2D eigenvalue weighted by molar-refractivity contribution is 6.31. The van der Waals surface area contributed by atoms with Gasteiger partial charge >= 0.3 is 0 Å². The van der Waals surface area contributed by atoms with Gasteiger partial charge in [-0.05, 0) is 18.6 Å². The van der Waals surface area contributed by atoms with E-state index in [1.54, 1.807) is 7.05 Å². The third-order valence-electron chi connectivity index (χ3n) is 3.28. The van der Waals surface area contributed by atoms with Gasteiger partial charge in [-0.3, -0.25) is 0 Å². The van der Waals surface area contributed by atoms with E-state index in [9.17, 15) is 0 Å². The van der Waals surface area contributed by atoms with Gasteiger partial charge in [0.2, 0.25) is 5.95 Å². The lowest BCUT2D eigenvalue weighted by molar-refractivity contribution is 0.728. The molecule has 3 N–H and O–H groups in total. The van der Waals surface area contributed by atoms with E-state index in [1.165, 1.54) is 0 Å². The summed E-state index contributed by atoms with van der Waals surface area (Å²) in [5.74, 6) is 1.67. The second-order valence-electron chi connectivity index (χ2n) is 4.53. The minimum absolute atomic E-state index is 0.0720. The van der Waals surface area contributed by atoms with E-state index in [-0.39, 0.29) is 12.0 Å². The van der Waals surface area contributed by atoms with Gasteiger partial charge in [0.15, 0.2) is 0 Å². The molecule has 0 amide bonds. The Bertz CT molecular complexity index is 602. The van der Waals surface area contributed by atoms with E-state index < -0.39 is 0 Å². The van der Waals surface area contributed by atoms with Crippen molar-refractivity contribution in [3.05, 3.63) is 40.9 Å². The molecular weight excluding hydrogens is 274 g/mol. The normalized spacial score (nSPS) is 12.0. The average molecular weight is 292 g/mol. The Hall–Kier alpha value is -2.01. The molecule has 0 saturated carbocycles. The third kappa shape index (κ3) is 2.93. The quantitative estimate of drug-likeness (QED) is 0.906. The Morgan fingerprint density at radius 3 is 2.65 bits per heavy atom. The summed E-state index contributed by atoms with van der Waals surface area (Å²) in [7, 11) is 3.75. The lowest BCUT2D eigenvalue weighted by Crippen LogP contribution is -2.23. The van der Waals surface area contributed by atoms with Gasteiger partial charge in [-0.1, -0.05) is 29.8 Å². The zero-order chi connectivity index (χ0) is 14.7. The van der Waals surface area contributed by atoms with Crippen LogP contribution in [-0.4, -0.2) is 24.1 Å². The van der Waals surface area contributed by atoms with Crippen LogP contribution in [0.25, 0.3) is 0 Å². The van der Waals surface area contributed by atoms with E-state index in [1.807, 2.05) is 42.3 Å². The van der Waals surface area contributed by atoms with Crippen molar-refractivity contribution in [3.8, 4) is 0 Å². The number of rotatable bonds is 4. The molecule has 0 aliphatic carbocycles. The summed E-state index contributed by atoms with van der Waals surface area (Å²) in [5.41, 5.74) is 6.77. The molecule has 0 fully saturated rings. The lowest BCUT2D eigenvalue weighted by atomic mass is 10.1. The van der Waals surface area contributed by atoms with Crippen LogP contribution >= 0.6 is 11.6 Å². The number of aromatic nitrogens is 2. The fourth-order valence-corrected chi connectivity index (χ4v) is 2.28. The lowest BCUT2D eigenvalue weighted by Gasteiger charge is -2.27. The number of hydrogen-bond acceptors (Lipinski definition) is 5. The molecule has 1 heterocycles. The fraction of sp³-hybridized carbons (Fsp3) is 0.286. The van der Waals surface area contributed by atoms with Crippen LogP contribution in [0.5, 0.6) is 0 Å². The summed E-state index contributed by atoms with van der Waals surface area (Å²) in [6.45, 7) is 2.07. The number of benzene rings is 1. The van der Waals surface area contributed by atoms with Crippen molar-refractivity contribution in [2.45, 2.75) is 13.0 Å². The third-order valence-corrected chi connectivity index (χ3v) is 3.63. The molecule has 0 aliphatic heterocycles. The predicted molar refractivity (Wildman–Crippen MR) is 84.3 cm³/mol. The van der Waals surface area contributed by atoms with Crippen molar-refractivity contribution in [1.82, 2.24) is 9.97 Å². The maximum Gasteiger partial charge on any atom is 0.223 e. The zero-order valence-electron chi connectivity index (χ0n) is 11.8. The zero-order valence-corrected chi connectivity index (χ0v) is 12.5. The standard InChI is InChI=1S/C14H18ClN5/c1-9(10-6-4-5-7-11(10)15)20(3)13-8-12(17-2)18-14(16)19-13/h4-9H,1-3H3,(H3,16,17,18,19). The van der Waals surface area contributed by atoms with E-state index in [0.717, 1.165) is 16.4 Å². The smallest absolute Gasteiger partial charge is 0.223 e. The van der Waals surface area contributed by atoms with E-state index in [4.69, 9.17) is 17.3 Å². The van der Waals surface area contributed by atoms with Crippen LogP contribution in [0.4, 0.5) is 17.6 Å². The van der Waals surface area contributed by atoms with Crippen LogP contribution in [-0.2, 0) is 0 Å². The summed E-state index contributed by atoms with van der Waals surface area (Å²) < 4.78 is 0. The molecule has 1 aromatic heterocycles. The molecule has 0 aliphatic rings. The van der Waals surface area contributed by atoms with Gasteiger partial charge in [0.05, 0.1) is 6.04 Å². The highest BCUT2D eigenvalue weighted by atomic mass is 35.5. The van der Waals surface area contributed by atoms with Crippen LogP contribution in [0.3, 0.4) is 0 Å². The monoisotopic (exact) mass is 291 g/mol. The van der Waals surface area contributed by atoms with Crippen molar-refractivity contribution in [1.29, 1.82) is 0 Å². The van der Waals surface area contributed by atoms with Gasteiger partial charge in [-0.2, -0.15) is 9.97 Å². The first-order valence-corrected chi connectivity index (χ1v) is 6.70. The maximum absolute atomic E-state index is 6.24. The molecule has 0 spiro atoms. The van der Waals surface area contributed by atoms with E-state index in [2.05, 4.69) is 22.2 Å². The van der Waals surface area contributed by atoms with Crippen LogP contribution < -0.4 is 16.0 Å². The Balaban J connectivity index is 2.33. The van der Waals surface area contributed by atoms with Gasteiger partial charge in [0.25, 0.3) is 0 Å².